The molecule has 0 saturated carbocycles. The zero-order valence-corrected chi connectivity index (χ0v) is 18.1. The van der Waals surface area contributed by atoms with Gasteiger partial charge in [-0.05, 0) is 53.7 Å². The highest BCUT2D eigenvalue weighted by atomic mass is 16.5. The first-order chi connectivity index (χ1) is 15.0. The molecule has 3 aromatic rings. The molecule has 1 fully saturated rings. The summed E-state index contributed by atoms with van der Waals surface area (Å²) in [7, 11) is 3.73. The quantitative estimate of drug-likeness (QED) is 0.610. The van der Waals surface area contributed by atoms with Gasteiger partial charge >= 0.3 is 0 Å². The van der Waals surface area contributed by atoms with Gasteiger partial charge in [0.2, 0.25) is 0 Å². The number of aliphatic hydroxyl groups is 1. The third-order valence-corrected chi connectivity index (χ3v) is 5.84. The van der Waals surface area contributed by atoms with Crippen LogP contribution in [0.25, 0.3) is 21.9 Å². The van der Waals surface area contributed by atoms with Gasteiger partial charge in [0.05, 0.1) is 7.11 Å². The van der Waals surface area contributed by atoms with Crippen LogP contribution in [0.3, 0.4) is 0 Å². The number of phenols is 1. The molecule has 1 unspecified atom stereocenters. The average molecular weight is 423 g/mol. The van der Waals surface area contributed by atoms with Gasteiger partial charge in [-0.3, -0.25) is 4.90 Å². The van der Waals surface area contributed by atoms with Crippen molar-refractivity contribution in [2.75, 3.05) is 53.5 Å². The number of rotatable bonds is 7. The second kappa shape index (κ2) is 9.56. The number of hydrogen-bond acceptors (Lipinski definition) is 6. The van der Waals surface area contributed by atoms with E-state index in [0.717, 1.165) is 42.5 Å². The number of benzene rings is 3. The molecule has 1 atom stereocenters. The number of likely N-dealkylation sites (N-methyl/N-ethyl adjacent to an activating group) is 1. The van der Waals surface area contributed by atoms with Gasteiger partial charge in [0, 0.05) is 38.3 Å². The molecule has 4 rings (SSSR count). The number of piperazine rings is 1. The van der Waals surface area contributed by atoms with Crippen LogP contribution in [0.4, 0.5) is 0 Å². The van der Waals surface area contributed by atoms with E-state index in [2.05, 4.69) is 16.8 Å². The van der Waals surface area contributed by atoms with Gasteiger partial charge in [-0.2, -0.15) is 0 Å². The Morgan fingerprint density at radius 1 is 0.935 bits per heavy atom. The molecule has 1 heterocycles. The van der Waals surface area contributed by atoms with Crippen molar-refractivity contribution < 1.29 is 19.7 Å². The standard InChI is InChI=1S/C25H30N2O4/c1-26-9-11-27(12-10-26)16-19(28)17-31-21-13-18-5-3-4-6-22(18)23(15-21)24-14-20(30-2)7-8-25(24)29/h3-8,13-15,19,28-29H,9-12,16-17H2,1-2H3. The summed E-state index contributed by atoms with van der Waals surface area (Å²) in [5, 5.41) is 23.0. The summed E-state index contributed by atoms with van der Waals surface area (Å²) in [5.74, 6) is 1.51. The van der Waals surface area contributed by atoms with E-state index >= 15 is 0 Å². The van der Waals surface area contributed by atoms with Crippen LogP contribution in [0.15, 0.2) is 54.6 Å². The summed E-state index contributed by atoms with van der Waals surface area (Å²) < 4.78 is 11.3. The number of phenolic OH excluding ortho intramolecular Hbond substituents is 1. The van der Waals surface area contributed by atoms with Gasteiger partial charge in [0.15, 0.2) is 0 Å². The number of hydrogen-bond donors (Lipinski definition) is 2. The molecule has 164 valence electrons. The van der Waals surface area contributed by atoms with Crippen LogP contribution < -0.4 is 9.47 Å². The minimum absolute atomic E-state index is 0.179. The van der Waals surface area contributed by atoms with Crippen LogP contribution in [-0.4, -0.2) is 79.6 Å². The topological polar surface area (TPSA) is 65.4 Å². The molecule has 0 spiro atoms. The predicted octanol–water partition coefficient (Wildman–Crippen LogP) is 3.21. The van der Waals surface area contributed by atoms with Crippen molar-refractivity contribution in [2.45, 2.75) is 6.10 Å². The third kappa shape index (κ3) is 5.10. The van der Waals surface area contributed by atoms with E-state index in [0.29, 0.717) is 23.6 Å². The molecule has 1 saturated heterocycles. The minimum atomic E-state index is -0.566. The molecule has 1 aliphatic heterocycles. The molecule has 0 aromatic heterocycles. The summed E-state index contributed by atoms with van der Waals surface area (Å²) >= 11 is 0. The largest absolute Gasteiger partial charge is 0.507 e. The predicted molar refractivity (Wildman–Crippen MR) is 123 cm³/mol. The van der Waals surface area contributed by atoms with Crippen LogP contribution in [0, 0.1) is 0 Å². The van der Waals surface area contributed by atoms with Crippen LogP contribution in [0.5, 0.6) is 17.2 Å². The van der Waals surface area contributed by atoms with Gasteiger partial charge in [-0.15, -0.1) is 0 Å². The van der Waals surface area contributed by atoms with E-state index in [4.69, 9.17) is 9.47 Å². The maximum absolute atomic E-state index is 10.5. The first-order valence-corrected chi connectivity index (χ1v) is 10.7. The second-order valence-electron chi connectivity index (χ2n) is 8.14. The molecular weight excluding hydrogens is 392 g/mol. The van der Waals surface area contributed by atoms with Crippen LogP contribution in [-0.2, 0) is 0 Å². The Kier molecular flexibility index (Phi) is 6.61. The summed E-state index contributed by atoms with van der Waals surface area (Å²) in [6.45, 7) is 4.78. The number of aliphatic hydroxyl groups excluding tert-OH is 1. The summed E-state index contributed by atoms with van der Waals surface area (Å²) in [6, 6.07) is 17.1. The number of ether oxygens (including phenoxy) is 2. The Morgan fingerprint density at radius 2 is 1.68 bits per heavy atom. The smallest absolute Gasteiger partial charge is 0.123 e. The molecular formula is C25H30N2O4. The molecule has 1 aliphatic rings. The van der Waals surface area contributed by atoms with E-state index in [9.17, 15) is 10.2 Å². The highest BCUT2D eigenvalue weighted by Gasteiger charge is 2.18. The van der Waals surface area contributed by atoms with Gasteiger partial charge in [0.25, 0.3) is 0 Å². The first-order valence-electron chi connectivity index (χ1n) is 10.7. The summed E-state index contributed by atoms with van der Waals surface area (Å²) in [5.41, 5.74) is 1.54. The highest BCUT2D eigenvalue weighted by molar-refractivity contribution is 5.99. The molecule has 0 bridgehead atoms. The van der Waals surface area contributed by atoms with Crippen molar-refractivity contribution in [2.24, 2.45) is 0 Å². The fraction of sp³-hybridized carbons (Fsp3) is 0.360. The van der Waals surface area contributed by atoms with Gasteiger partial charge < -0.3 is 24.6 Å². The number of nitrogens with zero attached hydrogens (tertiary/aromatic N) is 2. The lowest BCUT2D eigenvalue weighted by Crippen LogP contribution is -2.47. The van der Waals surface area contributed by atoms with Crippen molar-refractivity contribution in [3.63, 3.8) is 0 Å². The van der Waals surface area contributed by atoms with Crippen LogP contribution in [0.1, 0.15) is 0 Å². The van der Waals surface area contributed by atoms with Gasteiger partial charge in [0.1, 0.15) is 30.0 Å². The Labute approximate surface area is 183 Å². The summed E-state index contributed by atoms with van der Waals surface area (Å²) in [4.78, 5) is 4.57. The van der Waals surface area contributed by atoms with E-state index in [-0.39, 0.29) is 12.4 Å². The SMILES string of the molecule is COc1ccc(O)c(-c2cc(OCC(O)CN3CCN(C)CC3)cc3ccccc23)c1. The van der Waals surface area contributed by atoms with Crippen molar-refractivity contribution in [1.29, 1.82) is 0 Å². The van der Waals surface area contributed by atoms with Gasteiger partial charge in [-0.1, -0.05) is 24.3 Å². The Balaban J connectivity index is 1.55. The molecule has 6 nitrogen and oxygen atoms in total. The Morgan fingerprint density at radius 3 is 2.45 bits per heavy atom. The van der Waals surface area contributed by atoms with E-state index in [1.54, 1.807) is 19.2 Å². The highest BCUT2D eigenvalue weighted by Crippen LogP contribution is 2.39. The Hall–Kier alpha value is -2.80. The molecule has 31 heavy (non-hydrogen) atoms. The zero-order chi connectivity index (χ0) is 21.8. The number of methoxy groups -OCH3 is 1. The number of β-amino-alcohol motifs (C(OH)–C–C–N with tert-alkyl or cyclic N) is 1. The molecule has 0 radical (unpaired) electrons. The van der Waals surface area contributed by atoms with E-state index in [1.807, 2.05) is 42.5 Å². The lowest BCUT2D eigenvalue weighted by molar-refractivity contribution is 0.0505. The van der Waals surface area contributed by atoms with E-state index < -0.39 is 6.10 Å². The second-order valence-corrected chi connectivity index (χ2v) is 8.14. The Bertz CT molecular complexity index is 1030. The molecule has 6 heteroatoms. The number of aromatic hydroxyl groups is 1. The van der Waals surface area contributed by atoms with Crippen molar-refractivity contribution in [3.8, 4) is 28.4 Å². The zero-order valence-electron chi connectivity index (χ0n) is 18.1. The van der Waals surface area contributed by atoms with Crippen LogP contribution >= 0.6 is 0 Å². The molecule has 2 N–H and O–H groups in total. The first kappa shape index (κ1) is 21.4. The van der Waals surface area contributed by atoms with Gasteiger partial charge in [-0.25, -0.2) is 0 Å². The maximum Gasteiger partial charge on any atom is 0.123 e. The fourth-order valence-corrected chi connectivity index (χ4v) is 4.02. The molecule has 3 aromatic carbocycles. The van der Waals surface area contributed by atoms with Crippen molar-refractivity contribution >= 4 is 10.8 Å². The normalized spacial score (nSPS) is 16.4. The van der Waals surface area contributed by atoms with Crippen molar-refractivity contribution in [3.05, 3.63) is 54.6 Å². The average Bonchev–Trinajstić information content (AvgIpc) is 2.79. The lowest BCUT2D eigenvalue weighted by atomic mass is 9.97. The lowest BCUT2D eigenvalue weighted by Gasteiger charge is -2.33. The molecule has 0 amide bonds. The molecule has 0 aliphatic carbocycles. The monoisotopic (exact) mass is 422 g/mol. The minimum Gasteiger partial charge on any atom is -0.507 e. The van der Waals surface area contributed by atoms with Crippen molar-refractivity contribution in [1.82, 2.24) is 9.80 Å². The maximum atomic E-state index is 10.5. The summed E-state index contributed by atoms with van der Waals surface area (Å²) in [6.07, 6.45) is -0.566. The third-order valence-electron chi connectivity index (χ3n) is 5.84. The van der Waals surface area contributed by atoms with Crippen LogP contribution in [0.2, 0.25) is 0 Å². The number of fused-ring (bicyclic) bond motifs is 1. The fourth-order valence-electron chi connectivity index (χ4n) is 4.02. The van der Waals surface area contributed by atoms with E-state index in [1.165, 1.54) is 0 Å².